The Morgan fingerprint density at radius 2 is 2.29 bits per heavy atom. The standard InChI is InChI=1S/C12H20N4O/c1-3-9-8-17-6-5-16(9)12-7-10(13)14-11(4-2)15-12/h7,9H,3-6,8H2,1-2H3,(H2,13,14,15). The highest BCUT2D eigenvalue weighted by molar-refractivity contribution is 5.48. The van der Waals surface area contributed by atoms with E-state index < -0.39 is 0 Å². The van der Waals surface area contributed by atoms with E-state index in [1.807, 2.05) is 13.0 Å². The van der Waals surface area contributed by atoms with Crippen LogP contribution < -0.4 is 10.6 Å². The number of anilines is 2. The predicted octanol–water partition coefficient (Wildman–Crippen LogP) is 1.24. The number of hydrogen-bond donors (Lipinski definition) is 1. The lowest BCUT2D eigenvalue weighted by Crippen LogP contribution is -2.45. The number of aryl methyl sites for hydroxylation is 1. The first kappa shape index (κ1) is 12.1. The molecule has 1 unspecified atom stereocenters. The van der Waals surface area contributed by atoms with Gasteiger partial charge in [0.1, 0.15) is 17.5 Å². The molecule has 0 radical (unpaired) electrons. The van der Waals surface area contributed by atoms with Crippen molar-refractivity contribution < 1.29 is 4.74 Å². The summed E-state index contributed by atoms with van der Waals surface area (Å²) in [5.74, 6) is 2.29. The van der Waals surface area contributed by atoms with Gasteiger partial charge in [0.25, 0.3) is 0 Å². The van der Waals surface area contributed by atoms with E-state index in [1.54, 1.807) is 0 Å². The third kappa shape index (κ3) is 2.66. The molecule has 0 aromatic carbocycles. The lowest BCUT2D eigenvalue weighted by Gasteiger charge is -2.36. The molecule has 2 rings (SSSR count). The van der Waals surface area contributed by atoms with Crippen LogP contribution in [0.1, 0.15) is 26.1 Å². The van der Waals surface area contributed by atoms with Crippen molar-refractivity contribution in [3.63, 3.8) is 0 Å². The molecule has 17 heavy (non-hydrogen) atoms. The molecule has 5 nitrogen and oxygen atoms in total. The summed E-state index contributed by atoms with van der Waals surface area (Å²) in [6, 6.07) is 2.25. The van der Waals surface area contributed by atoms with Gasteiger partial charge in [-0.2, -0.15) is 0 Å². The summed E-state index contributed by atoms with van der Waals surface area (Å²) in [6.45, 7) is 6.59. The van der Waals surface area contributed by atoms with E-state index in [0.717, 1.165) is 44.2 Å². The fourth-order valence-corrected chi connectivity index (χ4v) is 2.10. The van der Waals surface area contributed by atoms with Crippen LogP contribution in [0, 0.1) is 0 Å². The van der Waals surface area contributed by atoms with Gasteiger partial charge in [0.2, 0.25) is 0 Å². The molecule has 2 N–H and O–H groups in total. The van der Waals surface area contributed by atoms with E-state index in [0.29, 0.717) is 11.9 Å². The van der Waals surface area contributed by atoms with Gasteiger partial charge in [-0.15, -0.1) is 0 Å². The molecule has 5 heteroatoms. The second-order valence-electron chi connectivity index (χ2n) is 4.25. The Hall–Kier alpha value is -1.36. The van der Waals surface area contributed by atoms with Crippen molar-refractivity contribution in [3.05, 3.63) is 11.9 Å². The van der Waals surface area contributed by atoms with E-state index >= 15 is 0 Å². The van der Waals surface area contributed by atoms with Gasteiger partial charge in [0, 0.05) is 19.0 Å². The summed E-state index contributed by atoms with van der Waals surface area (Å²) >= 11 is 0. The van der Waals surface area contributed by atoms with Gasteiger partial charge in [0.15, 0.2) is 0 Å². The average molecular weight is 236 g/mol. The molecule has 94 valence electrons. The quantitative estimate of drug-likeness (QED) is 0.855. The molecule has 0 bridgehead atoms. The maximum absolute atomic E-state index is 5.82. The Morgan fingerprint density at radius 3 is 3.00 bits per heavy atom. The van der Waals surface area contributed by atoms with Crippen molar-refractivity contribution in [2.45, 2.75) is 32.7 Å². The largest absolute Gasteiger partial charge is 0.384 e. The SMILES string of the molecule is CCc1nc(N)cc(N2CCOCC2CC)n1. The van der Waals surface area contributed by atoms with Crippen molar-refractivity contribution in [2.24, 2.45) is 0 Å². The highest BCUT2D eigenvalue weighted by Gasteiger charge is 2.23. The average Bonchev–Trinajstić information content (AvgIpc) is 2.37. The first-order valence-corrected chi connectivity index (χ1v) is 6.22. The zero-order valence-electron chi connectivity index (χ0n) is 10.5. The number of nitrogens with two attached hydrogens (primary N) is 1. The number of hydrogen-bond acceptors (Lipinski definition) is 5. The third-order valence-electron chi connectivity index (χ3n) is 3.09. The fraction of sp³-hybridized carbons (Fsp3) is 0.667. The minimum Gasteiger partial charge on any atom is -0.384 e. The summed E-state index contributed by atoms with van der Waals surface area (Å²) in [6.07, 6.45) is 1.85. The topological polar surface area (TPSA) is 64.3 Å². The lowest BCUT2D eigenvalue weighted by molar-refractivity contribution is 0.0925. The van der Waals surface area contributed by atoms with Crippen LogP contribution in [-0.2, 0) is 11.2 Å². The molecule has 1 aromatic heterocycles. The summed E-state index contributed by atoms with van der Waals surface area (Å²) in [5.41, 5.74) is 5.82. The number of ether oxygens (including phenoxy) is 1. The van der Waals surface area contributed by atoms with Crippen LogP contribution in [0.15, 0.2) is 6.07 Å². The number of aromatic nitrogens is 2. The Bertz CT molecular complexity index is 383. The van der Waals surface area contributed by atoms with Crippen LogP contribution in [0.4, 0.5) is 11.6 Å². The van der Waals surface area contributed by atoms with E-state index in [9.17, 15) is 0 Å². The minimum atomic E-state index is 0.391. The molecule has 1 aliphatic heterocycles. The van der Waals surface area contributed by atoms with Gasteiger partial charge in [-0.3, -0.25) is 0 Å². The first-order valence-electron chi connectivity index (χ1n) is 6.22. The van der Waals surface area contributed by atoms with Gasteiger partial charge in [-0.05, 0) is 6.42 Å². The van der Waals surface area contributed by atoms with Crippen molar-refractivity contribution in [2.75, 3.05) is 30.4 Å². The van der Waals surface area contributed by atoms with Gasteiger partial charge in [-0.1, -0.05) is 13.8 Å². The molecular formula is C12H20N4O. The maximum Gasteiger partial charge on any atom is 0.134 e. The van der Waals surface area contributed by atoms with E-state index in [4.69, 9.17) is 10.5 Å². The van der Waals surface area contributed by atoms with Crippen LogP contribution in [0.25, 0.3) is 0 Å². The number of nitrogen functional groups attached to an aromatic ring is 1. The molecular weight excluding hydrogens is 216 g/mol. The Morgan fingerprint density at radius 1 is 1.47 bits per heavy atom. The second kappa shape index (κ2) is 5.31. The second-order valence-corrected chi connectivity index (χ2v) is 4.25. The van der Waals surface area contributed by atoms with E-state index in [2.05, 4.69) is 21.8 Å². The minimum absolute atomic E-state index is 0.391. The van der Waals surface area contributed by atoms with Gasteiger partial charge < -0.3 is 15.4 Å². The normalized spacial score (nSPS) is 20.6. The summed E-state index contributed by atoms with van der Waals surface area (Å²) in [4.78, 5) is 11.0. The highest BCUT2D eigenvalue weighted by atomic mass is 16.5. The third-order valence-corrected chi connectivity index (χ3v) is 3.09. The van der Waals surface area contributed by atoms with E-state index in [1.165, 1.54) is 0 Å². The predicted molar refractivity (Wildman–Crippen MR) is 68.1 cm³/mol. The summed E-state index contributed by atoms with van der Waals surface area (Å²) in [7, 11) is 0. The molecule has 1 atom stereocenters. The van der Waals surface area contributed by atoms with Gasteiger partial charge >= 0.3 is 0 Å². The lowest BCUT2D eigenvalue weighted by atomic mass is 10.2. The first-order chi connectivity index (χ1) is 8.24. The molecule has 0 aliphatic carbocycles. The molecule has 1 saturated heterocycles. The van der Waals surface area contributed by atoms with Crippen LogP contribution in [-0.4, -0.2) is 35.8 Å². The zero-order chi connectivity index (χ0) is 12.3. The van der Waals surface area contributed by atoms with Crippen LogP contribution in [0.5, 0.6) is 0 Å². The highest BCUT2D eigenvalue weighted by Crippen LogP contribution is 2.21. The van der Waals surface area contributed by atoms with E-state index in [-0.39, 0.29) is 0 Å². The molecule has 0 spiro atoms. The van der Waals surface area contributed by atoms with Gasteiger partial charge in [0.05, 0.1) is 19.3 Å². The van der Waals surface area contributed by atoms with Crippen molar-refractivity contribution in [1.29, 1.82) is 0 Å². The molecule has 2 heterocycles. The zero-order valence-corrected chi connectivity index (χ0v) is 10.5. The Balaban J connectivity index is 2.27. The van der Waals surface area contributed by atoms with Crippen molar-refractivity contribution >= 4 is 11.6 Å². The summed E-state index contributed by atoms with van der Waals surface area (Å²) < 4.78 is 5.50. The van der Waals surface area contributed by atoms with Crippen LogP contribution in [0.2, 0.25) is 0 Å². The van der Waals surface area contributed by atoms with Crippen molar-refractivity contribution in [1.82, 2.24) is 9.97 Å². The Kier molecular flexibility index (Phi) is 3.78. The molecule has 0 amide bonds. The Labute approximate surface area is 102 Å². The smallest absolute Gasteiger partial charge is 0.134 e. The van der Waals surface area contributed by atoms with Crippen LogP contribution >= 0.6 is 0 Å². The molecule has 1 fully saturated rings. The number of nitrogens with zero attached hydrogens (tertiary/aromatic N) is 3. The molecule has 1 aliphatic rings. The fourth-order valence-electron chi connectivity index (χ4n) is 2.10. The maximum atomic E-state index is 5.82. The monoisotopic (exact) mass is 236 g/mol. The van der Waals surface area contributed by atoms with Crippen molar-refractivity contribution in [3.8, 4) is 0 Å². The molecule has 1 aromatic rings. The van der Waals surface area contributed by atoms with Gasteiger partial charge in [-0.25, -0.2) is 9.97 Å². The number of rotatable bonds is 3. The van der Waals surface area contributed by atoms with Crippen LogP contribution in [0.3, 0.4) is 0 Å². The molecule has 0 saturated carbocycles. The number of morpholine rings is 1. The summed E-state index contributed by atoms with van der Waals surface area (Å²) in [5, 5.41) is 0.